The molecule has 1 aliphatic heterocycles. The Morgan fingerprint density at radius 1 is 1.16 bits per heavy atom. The maximum absolute atomic E-state index is 13.0. The standard InChI is InChI=1S/C17H18NO6P/c1-17(2)12-16(13-6-4-3-5-7-13)23-25(21,24-17)22-15-10-8-14(9-11-15)18(19)20/h3-11,16H,12H2,1-2H3/t16-,25-/m1/s1. The van der Waals surface area contributed by atoms with Crippen LogP contribution in [0.4, 0.5) is 5.69 Å². The fourth-order valence-electron chi connectivity index (χ4n) is 2.65. The van der Waals surface area contributed by atoms with E-state index >= 15 is 0 Å². The molecule has 0 unspecified atom stereocenters. The van der Waals surface area contributed by atoms with Gasteiger partial charge in [0, 0.05) is 18.6 Å². The molecule has 0 bridgehead atoms. The molecule has 0 aliphatic carbocycles. The Hall–Kier alpha value is -2.21. The van der Waals surface area contributed by atoms with Crippen LogP contribution in [0.5, 0.6) is 5.75 Å². The zero-order valence-electron chi connectivity index (χ0n) is 13.8. The average molecular weight is 363 g/mol. The number of hydrogen-bond acceptors (Lipinski definition) is 6. The highest BCUT2D eigenvalue weighted by atomic mass is 31.2. The average Bonchev–Trinajstić information content (AvgIpc) is 2.54. The summed E-state index contributed by atoms with van der Waals surface area (Å²) in [6.45, 7) is 3.63. The molecule has 7 nitrogen and oxygen atoms in total. The lowest BCUT2D eigenvalue weighted by Gasteiger charge is -2.38. The first kappa shape index (κ1) is 17.6. The monoisotopic (exact) mass is 363 g/mol. The first-order valence-electron chi connectivity index (χ1n) is 7.75. The van der Waals surface area contributed by atoms with Crippen LogP contribution in [0.3, 0.4) is 0 Å². The predicted octanol–water partition coefficient (Wildman–Crippen LogP) is 5.04. The van der Waals surface area contributed by atoms with E-state index in [1.807, 2.05) is 44.2 Å². The van der Waals surface area contributed by atoms with Gasteiger partial charge in [-0.25, -0.2) is 4.57 Å². The second kappa shape index (κ2) is 6.59. The van der Waals surface area contributed by atoms with E-state index in [1.54, 1.807) is 0 Å². The van der Waals surface area contributed by atoms with Crippen LogP contribution in [0.15, 0.2) is 54.6 Å². The van der Waals surface area contributed by atoms with Crippen LogP contribution < -0.4 is 4.52 Å². The molecule has 2 aromatic carbocycles. The molecule has 8 heteroatoms. The van der Waals surface area contributed by atoms with Gasteiger partial charge in [0.1, 0.15) is 5.75 Å². The van der Waals surface area contributed by atoms with E-state index in [4.69, 9.17) is 13.6 Å². The summed E-state index contributed by atoms with van der Waals surface area (Å²) in [4.78, 5) is 10.2. The molecule has 0 radical (unpaired) electrons. The van der Waals surface area contributed by atoms with E-state index < -0.39 is 24.5 Å². The third kappa shape index (κ3) is 4.25. The molecule has 0 amide bonds. The fraction of sp³-hybridized carbons (Fsp3) is 0.294. The van der Waals surface area contributed by atoms with Crippen molar-refractivity contribution in [2.24, 2.45) is 0 Å². The van der Waals surface area contributed by atoms with Crippen molar-refractivity contribution in [1.82, 2.24) is 0 Å². The fourth-order valence-corrected chi connectivity index (χ4v) is 4.34. The summed E-state index contributed by atoms with van der Waals surface area (Å²) >= 11 is 0. The quantitative estimate of drug-likeness (QED) is 0.430. The van der Waals surface area contributed by atoms with E-state index in [1.165, 1.54) is 24.3 Å². The summed E-state index contributed by atoms with van der Waals surface area (Å²) in [5.74, 6) is 0.179. The largest absolute Gasteiger partial charge is 0.531 e. The van der Waals surface area contributed by atoms with Gasteiger partial charge in [0.05, 0.1) is 16.6 Å². The lowest BCUT2D eigenvalue weighted by Crippen LogP contribution is -2.33. The molecule has 3 rings (SSSR count). The topological polar surface area (TPSA) is 87.9 Å². The first-order valence-corrected chi connectivity index (χ1v) is 9.21. The molecule has 0 aromatic heterocycles. The number of non-ortho nitro benzene ring substituents is 1. The SMILES string of the molecule is CC1(C)C[C@H](c2ccccc2)O[P@@](=O)(Oc2ccc([N+](=O)[O-])cc2)O1. The van der Waals surface area contributed by atoms with Crippen LogP contribution in [-0.4, -0.2) is 10.5 Å². The Kier molecular flexibility index (Phi) is 4.64. The van der Waals surface area contributed by atoms with Crippen LogP contribution in [0.2, 0.25) is 0 Å². The van der Waals surface area contributed by atoms with Crippen molar-refractivity contribution < 1.29 is 23.1 Å². The highest BCUT2D eigenvalue weighted by Gasteiger charge is 2.46. The van der Waals surface area contributed by atoms with Gasteiger partial charge in [0.15, 0.2) is 0 Å². The van der Waals surface area contributed by atoms with Crippen molar-refractivity contribution in [3.8, 4) is 5.75 Å². The maximum Gasteiger partial charge on any atom is 0.531 e. The third-order valence-corrected chi connectivity index (χ3v) is 5.39. The molecular weight excluding hydrogens is 345 g/mol. The van der Waals surface area contributed by atoms with Gasteiger partial charge in [-0.3, -0.25) is 19.2 Å². The Bertz CT molecular complexity index is 806. The van der Waals surface area contributed by atoms with Gasteiger partial charge < -0.3 is 4.52 Å². The summed E-state index contributed by atoms with van der Waals surface area (Å²) < 4.78 is 29.7. The summed E-state index contributed by atoms with van der Waals surface area (Å²) in [7, 11) is -3.89. The summed E-state index contributed by atoms with van der Waals surface area (Å²) in [5.41, 5.74) is 0.0831. The van der Waals surface area contributed by atoms with Crippen LogP contribution in [0.1, 0.15) is 31.9 Å². The molecule has 2 aromatic rings. The number of rotatable bonds is 4. The minimum absolute atomic E-state index is 0.0846. The molecule has 1 heterocycles. The molecular formula is C17H18NO6P. The van der Waals surface area contributed by atoms with Gasteiger partial charge in [-0.05, 0) is 31.5 Å². The normalized spacial score (nSPS) is 25.3. The van der Waals surface area contributed by atoms with Crippen molar-refractivity contribution in [3.05, 3.63) is 70.3 Å². The Morgan fingerprint density at radius 2 is 1.80 bits per heavy atom. The van der Waals surface area contributed by atoms with Crippen LogP contribution in [-0.2, 0) is 13.6 Å². The lowest BCUT2D eigenvalue weighted by atomic mass is 9.96. The minimum atomic E-state index is -3.89. The molecule has 25 heavy (non-hydrogen) atoms. The number of benzene rings is 2. The summed E-state index contributed by atoms with van der Waals surface area (Å²) in [6, 6.07) is 14.7. The Balaban J connectivity index is 1.83. The third-order valence-electron chi connectivity index (χ3n) is 3.73. The molecule has 1 aliphatic rings. The first-order chi connectivity index (χ1) is 11.8. The zero-order valence-corrected chi connectivity index (χ0v) is 14.7. The Labute approximate surface area is 145 Å². The van der Waals surface area contributed by atoms with Gasteiger partial charge in [-0.2, -0.15) is 0 Å². The predicted molar refractivity (Wildman–Crippen MR) is 91.4 cm³/mol. The van der Waals surface area contributed by atoms with Gasteiger partial charge >= 0.3 is 7.82 Å². The van der Waals surface area contributed by atoms with Gasteiger partial charge in [-0.15, -0.1) is 0 Å². The zero-order chi connectivity index (χ0) is 18.1. The van der Waals surface area contributed by atoms with E-state index in [2.05, 4.69) is 0 Å². The highest BCUT2D eigenvalue weighted by molar-refractivity contribution is 7.49. The maximum atomic E-state index is 13.0. The van der Waals surface area contributed by atoms with E-state index in [0.717, 1.165) is 5.56 Å². The number of nitro groups is 1. The van der Waals surface area contributed by atoms with E-state index in [9.17, 15) is 14.7 Å². The van der Waals surface area contributed by atoms with E-state index in [0.29, 0.717) is 6.42 Å². The molecule has 0 spiro atoms. The lowest BCUT2D eigenvalue weighted by molar-refractivity contribution is -0.384. The summed E-state index contributed by atoms with van der Waals surface area (Å²) in [5, 5.41) is 10.7. The smallest absolute Gasteiger partial charge is 0.404 e. The van der Waals surface area contributed by atoms with Crippen LogP contribution >= 0.6 is 7.82 Å². The molecule has 0 saturated carbocycles. The summed E-state index contributed by atoms with van der Waals surface area (Å²) in [6.07, 6.45) is 0.0822. The van der Waals surface area contributed by atoms with Gasteiger partial charge in [0.2, 0.25) is 0 Å². The van der Waals surface area contributed by atoms with Crippen LogP contribution in [0.25, 0.3) is 0 Å². The molecule has 132 valence electrons. The van der Waals surface area contributed by atoms with Gasteiger partial charge in [0.25, 0.3) is 5.69 Å². The van der Waals surface area contributed by atoms with Crippen molar-refractivity contribution >= 4 is 13.5 Å². The number of nitrogens with zero attached hydrogens (tertiary/aromatic N) is 1. The number of phosphoric acid groups is 1. The van der Waals surface area contributed by atoms with Crippen molar-refractivity contribution in [2.45, 2.75) is 32.0 Å². The van der Waals surface area contributed by atoms with E-state index in [-0.39, 0.29) is 11.4 Å². The molecule has 0 N–H and O–H groups in total. The van der Waals surface area contributed by atoms with Crippen molar-refractivity contribution in [2.75, 3.05) is 0 Å². The second-order valence-corrected chi connectivity index (χ2v) is 7.82. The minimum Gasteiger partial charge on any atom is -0.404 e. The van der Waals surface area contributed by atoms with Crippen molar-refractivity contribution in [3.63, 3.8) is 0 Å². The van der Waals surface area contributed by atoms with Crippen molar-refractivity contribution in [1.29, 1.82) is 0 Å². The highest BCUT2D eigenvalue weighted by Crippen LogP contribution is 2.61. The number of hydrogen-bond donors (Lipinski definition) is 0. The number of nitro benzene ring substituents is 1. The second-order valence-electron chi connectivity index (χ2n) is 6.35. The molecule has 1 saturated heterocycles. The Morgan fingerprint density at radius 3 is 2.40 bits per heavy atom. The molecule has 1 fully saturated rings. The van der Waals surface area contributed by atoms with Gasteiger partial charge in [-0.1, -0.05) is 30.3 Å². The van der Waals surface area contributed by atoms with Crippen LogP contribution in [0, 0.1) is 10.1 Å². The number of phosphoric ester groups is 1. The molecule has 2 atom stereocenters.